The Morgan fingerprint density at radius 2 is 1.83 bits per heavy atom. The fourth-order valence-electron chi connectivity index (χ4n) is 2.58. The molecule has 3 atom stereocenters. The van der Waals surface area contributed by atoms with E-state index in [-0.39, 0.29) is 0 Å². The molecule has 1 saturated carbocycles. The predicted octanol–water partition coefficient (Wildman–Crippen LogP) is 4.25. The molecule has 0 heteroatoms. The van der Waals surface area contributed by atoms with Crippen LogP contribution in [0.4, 0.5) is 0 Å². The van der Waals surface area contributed by atoms with Gasteiger partial charge in [-0.1, -0.05) is 52.9 Å². The van der Waals surface area contributed by atoms with Gasteiger partial charge in [0.2, 0.25) is 0 Å². The van der Waals surface area contributed by atoms with Gasteiger partial charge in [-0.25, -0.2) is 0 Å². The molecule has 3 unspecified atom stereocenters. The molecule has 0 aromatic rings. The molecule has 0 saturated heterocycles. The summed E-state index contributed by atoms with van der Waals surface area (Å²) in [5.74, 6) is 3.19. The van der Waals surface area contributed by atoms with Gasteiger partial charge in [0.05, 0.1) is 0 Å². The Morgan fingerprint density at radius 1 is 1.08 bits per heavy atom. The number of rotatable bonds is 5. The molecule has 1 fully saturated rings. The van der Waals surface area contributed by atoms with E-state index in [9.17, 15) is 0 Å². The second-order valence-electron chi connectivity index (χ2n) is 4.52. The lowest BCUT2D eigenvalue weighted by molar-refractivity contribution is 0.0746. The molecule has 72 valence electrons. The van der Waals surface area contributed by atoms with Crippen molar-refractivity contribution in [1.29, 1.82) is 0 Å². The first kappa shape index (κ1) is 10.1. The third kappa shape index (κ3) is 2.24. The Morgan fingerprint density at radius 3 is 2.33 bits per heavy atom. The fourth-order valence-corrected chi connectivity index (χ4v) is 2.58. The Kier molecular flexibility index (Phi) is 4.11. The summed E-state index contributed by atoms with van der Waals surface area (Å²) in [6, 6.07) is 0. The van der Waals surface area contributed by atoms with E-state index in [1.54, 1.807) is 0 Å². The summed E-state index contributed by atoms with van der Waals surface area (Å²) in [7, 11) is 0. The van der Waals surface area contributed by atoms with Crippen LogP contribution in [0.2, 0.25) is 0 Å². The number of hydrogen-bond donors (Lipinski definition) is 0. The maximum Gasteiger partial charge on any atom is -0.0383 e. The van der Waals surface area contributed by atoms with Gasteiger partial charge in [0.25, 0.3) is 0 Å². The van der Waals surface area contributed by atoms with Crippen LogP contribution in [0.15, 0.2) is 0 Å². The van der Waals surface area contributed by atoms with Crippen LogP contribution in [0.1, 0.15) is 59.3 Å². The van der Waals surface area contributed by atoms with Crippen molar-refractivity contribution in [2.45, 2.75) is 59.3 Å². The van der Waals surface area contributed by atoms with E-state index in [1.807, 2.05) is 0 Å². The molecule has 12 heavy (non-hydrogen) atoms. The third-order valence-corrected chi connectivity index (χ3v) is 3.80. The first-order valence-electron chi connectivity index (χ1n) is 5.79. The summed E-state index contributed by atoms with van der Waals surface area (Å²) in [5.41, 5.74) is 0. The molecule has 0 radical (unpaired) electrons. The van der Waals surface area contributed by atoms with E-state index >= 15 is 0 Å². The number of unbranched alkanes of at least 4 members (excludes halogenated alkanes) is 2. The summed E-state index contributed by atoms with van der Waals surface area (Å²) in [6.45, 7) is 7.08. The standard InChI is InChI=1S/C12H24/c1-4-6-7-8-12-9-11(5-2)10(12)3/h10-12H,4-9H2,1-3H3. The van der Waals surface area contributed by atoms with Crippen LogP contribution in [-0.2, 0) is 0 Å². The first-order chi connectivity index (χ1) is 5.79. The molecule has 1 aliphatic rings. The molecule has 1 aliphatic carbocycles. The van der Waals surface area contributed by atoms with Gasteiger partial charge in [0.1, 0.15) is 0 Å². The zero-order valence-corrected chi connectivity index (χ0v) is 8.97. The maximum atomic E-state index is 2.45. The monoisotopic (exact) mass is 168 g/mol. The van der Waals surface area contributed by atoms with Gasteiger partial charge < -0.3 is 0 Å². The lowest BCUT2D eigenvalue weighted by atomic mass is 9.63. The molecule has 0 N–H and O–H groups in total. The molecule has 1 rings (SSSR count). The van der Waals surface area contributed by atoms with Crippen LogP contribution in [0, 0.1) is 17.8 Å². The summed E-state index contributed by atoms with van der Waals surface area (Å²) < 4.78 is 0. The predicted molar refractivity (Wildman–Crippen MR) is 55.2 cm³/mol. The van der Waals surface area contributed by atoms with Crippen molar-refractivity contribution in [1.82, 2.24) is 0 Å². The van der Waals surface area contributed by atoms with Crippen molar-refractivity contribution >= 4 is 0 Å². The minimum Gasteiger partial charge on any atom is -0.0654 e. The molecular weight excluding hydrogens is 144 g/mol. The second kappa shape index (κ2) is 4.89. The van der Waals surface area contributed by atoms with E-state index in [4.69, 9.17) is 0 Å². The minimum absolute atomic E-state index is 1.03. The third-order valence-electron chi connectivity index (χ3n) is 3.80. The largest absolute Gasteiger partial charge is 0.0654 e. The van der Waals surface area contributed by atoms with E-state index in [0.29, 0.717) is 0 Å². The van der Waals surface area contributed by atoms with E-state index < -0.39 is 0 Å². The quantitative estimate of drug-likeness (QED) is 0.538. The van der Waals surface area contributed by atoms with Crippen LogP contribution in [-0.4, -0.2) is 0 Å². The fraction of sp³-hybridized carbons (Fsp3) is 1.00. The summed E-state index contributed by atoms with van der Waals surface area (Å²) in [4.78, 5) is 0. The van der Waals surface area contributed by atoms with Gasteiger partial charge in [-0.05, 0) is 24.2 Å². The highest BCUT2D eigenvalue weighted by Crippen LogP contribution is 2.44. The molecular formula is C12H24. The number of hydrogen-bond acceptors (Lipinski definition) is 0. The molecule has 0 heterocycles. The SMILES string of the molecule is CCCCCC1CC(CC)C1C. The molecule has 0 aromatic heterocycles. The Balaban J connectivity index is 2.05. The van der Waals surface area contributed by atoms with Crippen molar-refractivity contribution in [2.75, 3.05) is 0 Å². The molecule has 0 aliphatic heterocycles. The van der Waals surface area contributed by atoms with Crippen molar-refractivity contribution in [3.05, 3.63) is 0 Å². The molecule has 0 spiro atoms. The van der Waals surface area contributed by atoms with Crippen molar-refractivity contribution < 1.29 is 0 Å². The van der Waals surface area contributed by atoms with Crippen LogP contribution >= 0.6 is 0 Å². The zero-order valence-electron chi connectivity index (χ0n) is 8.97. The van der Waals surface area contributed by atoms with E-state index in [1.165, 1.54) is 38.5 Å². The van der Waals surface area contributed by atoms with Crippen LogP contribution in [0.25, 0.3) is 0 Å². The summed E-state index contributed by atoms with van der Waals surface area (Å²) >= 11 is 0. The van der Waals surface area contributed by atoms with Gasteiger partial charge in [0.15, 0.2) is 0 Å². The molecule has 0 aromatic carbocycles. The molecule has 0 bridgehead atoms. The Hall–Kier alpha value is 0. The normalized spacial score (nSPS) is 34.8. The molecule has 0 amide bonds. The van der Waals surface area contributed by atoms with Crippen LogP contribution in [0.3, 0.4) is 0 Å². The zero-order chi connectivity index (χ0) is 8.97. The lowest BCUT2D eigenvalue weighted by Gasteiger charge is -2.43. The van der Waals surface area contributed by atoms with Gasteiger partial charge in [-0.2, -0.15) is 0 Å². The summed E-state index contributed by atoms with van der Waals surface area (Å²) in [6.07, 6.45) is 8.73. The first-order valence-corrected chi connectivity index (χ1v) is 5.79. The van der Waals surface area contributed by atoms with E-state index in [2.05, 4.69) is 20.8 Å². The van der Waals surface area contributed by atoms with Crippen LogP contribution in [0.5, 0.6) is 0 Å². The Labute approximate surface area is 77.7 Å². The minimum atomic E-state index is 1.03. The highest BCUT2D eigenvalue weighted by Gasteiger charge is 2.35. The maximum absolute atomic E-state index is 2.45. The van der Waals surface area contributed by atoms with Gasteiger partial charge in [-0.3, -0.25) is 0 Å². The lowest BCUT2D eigenvalue weighted by Crippen LogP contribution is -2.33. The van der Waals surface area contributed by atoms with Crippen molar-refractivity contribution in [3.63, 3.8) is 0 Å². The highest BCUT2D eigenvalue weighted by atomic mass is 14.4. The van der Waals surface area contributed by atoms with Crippen LogP contribution < -0.4 is 0 Å². The topological polar surface area (TPSA) is 0 Å². The average Bonchev–Trinajstić information content (AvgIpc) is 2.09. The Bertz CT molecular complexity index is 117. The van der Waals surface area contributed by atoms with Crippen molar-refractivity contribution in [2.24, 2.45) is 17.8 Å². The highest BCUT2D eigenvalue weighted by molar-refractivity contribution is 4.85. The average molecular weight is 168 g/mol. The van der Waals surface area contributed by atoms with Gasteiger partial charge in [-0.15, -0.1) is 0 Å². The van der Waals surface area contributed by atoms with Gasteiger partial charge in [0, 0.05) is 0 Å². The smallest absolute Gasteiger partial charge is 0.0383 e. The summed E-state index contributed by atoms with van der Waals surface area (Å²) in [5, 5.41) is 0. The van der Waals surface area contributed by atoms with E-state index in [0.717, 1.165) is 17.8 Å². The van der Waals surface area contributed by atoms with Crippen molar-refractivity contribution in [3.8, 4) is 0 Å². The molecule has 0 nitrogen and oxygen atoms in total. The van der Waals surface area contributed by atoms with Gasteiger partial charge >= 0.3 is 0 Å². The second-order valence-corrected chi connectivity index (χ2v) is 4.52.